The second kappa shape index (κ2) is 5.87. The molecule has 2 aromatic rings. The van der Waals surface area contributed by atoms with Crippen LogP contribution in [-0.4, -0.2) is 12.1 Å². The minimum atomic E-state index is 0.699. The van der Waals surface area contributed by atoms with E-state index < -0.39 is 0 Å². The number of nitrogens with one attached hydrogen (secondary N) is 1. The number of aromatic nitrogens is 1. The van der Waals surface area contributed by atoms with Gasteiger partial charge in [0.25, 0.3) is 0 Å². The lowest BCUT2D eigenvalue weighted by molar-refractivity contribution is 0.412. The first kappa shape index (κ1) is 12.9. The fourth-order valence-corrected chi connectivity index (χ4v) is 1.97. The van der Waals surface area contributed by atoms with Gasteiger partial charge in [-0.05, 0) is 46.6 Å². The fraction of sp³-hybridized carbons (Fsp3) is 0.214. The molecule has 1 heterocycles. The fourth-order valence-electron chi connectivity index (χ4n) is 1.57. The van der Waals surface area contributed by atoms with Crippen molar-refractivity contribution in [3.05, 3.63) is 52.3 Å². The summed E-state index contributed by atoms with van der Waals surface area (Å²) in [6.45, 7) is 2.73. The third-order valence-corrected chi connectivity index (χ3v) is 3.25. The summed E-state index contributed by atoms with van der Waals surface area (Å²) in [6.07, 6.45) is 1.87. The third kappa shape index (κ3) is 3.23. The molecule has 4 heteroatoms. The zero-order chi connectivity index (χ0) is 13.0. The van der Waals surface area contributed by atoms with Gasteiger partial charge in [-0.15, -0.1) is 0 Å². The van der Waals surface area contributed by atoms with Crippen LogP contribution in [0.15, 0.2) is 41.0 Å². The molecule has 1 N–H and O–H groups in total. The third-order valence-electron chi connectivity index (χ3n) is 2.60. The lowest BCUT2D eigenvalue weighted by atomic mass is 10.2. The van der Waals surface area contributed by atoms with Crippen molar-refractivity contribution >= 4 is 21.6 Å². The van der Waals surface area contributed by atoms with E-state index in [2.05, 4.69) is 32.3 Å². The van der Waals surface area contributed by atoms with Gasteiger partial charge in [-0.25, -0.2) is 0 Å². The van der Waals surface area contributed by atoms with Crippen molar-refractivity contribution < 1.29 is 4.74 Å². The maximum Gasteiger partial charge on any atom is 0.135 e. The summed E-state index contributed by atoms with van der Waals surface area (Å²) in [4.78, 5) is 4.35. The molecule has 0 aliphatic heterocycles. The SMILES string of the molecule is COc1cc(NCc2ccc(C)cn2)ccc1Br. The van der Waals surface area contributed by atoms with Crippen molar-refractivity contribution in [2.45, 2.75) is 13.5 Å². The summed E-state index contributed by atoms with van der Waals surface area (Å²) in [5.74, 6) is 0.817. The Hall–Kier alpha value is -1.55. The van der Waals surface area contributed by atoms with Gasteiger partial charge in [0.05, 0.1) is 23.8 Å². The molecule has 0 saturated carbocycles. The molecule has 0 spiro atoms. The van der Waals surface area contributed by atoms with E-state index in [1.165, 1.54) is 5.56 Å². The number of benzene rings is 1. The standard InChI is InChI=1S/C14H15BrN2O/c1-10-3-4-12(16-8-10)9-17-11-5-6-13(15)14(7-11)18-2/h3-8,17H,9H2,1-2H3. The zero-order valence-corrected chi connectivity index (χ0v) is 12.0. The summed E-state index contributed by atoms with van der Waals surface area (Å²) >= 11 is 3.43. The van der Waals surface area contributed by atoms with Crippen LogP contribution >= 0.6 is 15.9 Å². The van der Waals surface area contributed by atoms with E-state index in [0.29, 0.717) is 6.54 Å². The van der Waals surface area contributed by atoms with Crippen LogP contribution < -0.4 is 10.1 Å². The smallest absolute Gasteiger partial charge is 0.135 e. The Kier molecular flexibility index (Phi) is 4.20. The normalized spacial score (nSPS) is 10.2. The van der Waals surface area contributed by atoms with Gasteiger partial charge >= 0.3 is 0 Å². The molecular weight excluding hydrogens is 292 g/mol. The quantitative estimate of drug-likeness (QED) is 0.933. The van der Waals surface area contributed by atoms with Crippen LogP contribution in [0.5, 0.6) is 5.75 Å². The zero-order valence-electron chi connectivity index (χ0n) is 10.4. The summed E-state index contributed by atoms with van der Waals surface area (Å²) in [6, 6.07) is 10.0. The summed E-state index contributed by atoms with van der Waals surface area (Å²) in [7, 11) is 1.66. The maximum absolute atomic E-state index is 5.25. The minimum absolute atomic E-state index is 0.699. The van der Waals surface area contributed by atoms with Crippen molar-refractivity contribution in [1.29, 1.82) is 0 Å². The molecule has 0 atom stereocenters. The van der Waals surface area contributed by atoms with E-state index >= 15 is 0 Å². The topological polar surface area (TPSA) is 34.1 Å². The summed E-state index contributed by atoms with van der Waals surface area (Å²) in [5, 5.41) is 3.32. The Balaban J connectivity index is 2.04. The Labute approximate surface area is 115 Å². The second-order valence-corrected chi connectivity index (χ2v) is 4.88. The lowest BCUT2D eigenvalue weighted by Gasteiger charge is -2.09. The number of halogens is 1. The van der Waals surface area contributed by atoms with Crippen LogP contribution in [0, 0.1) is 6.92 Å². The van der Waals surface area contributed by atoms with Gasteiger partial charge < -0.3 is 10.1 Å². The molecule has 0 saturated heterocycles. The Morgan fingerprint density at radius 1 is 1.28 bits per heavy atom. The molecule has 0 radical (unpaired) electrons. The first-order valence-corrected chi connectivity index (χ1v) is 6.47. The number of ether oxygens (including phenoxy) is 1. The van der Waals surface area contributed by atoms with Crippen LogP contribution in [-0.2, 0) is 6.54 Å². The highest BCUT2D eigenvalue weighted by molar-refractivity contribution is 9.10. The van der Waals surface area contributed by atoms with Crippen molar-refractivity contribution in [2.75, 3.05) is 12.4 Å². The predicted molar refractivity (Wildman–Crippen MR) is 77.0 cm³/mol. The van der Waals surface area contributed by atoms with E-state index in [0.717, 1.165) is 21.6 Å². The molecule has 94 valence electrons. The average molecular weight is 307 g/mol. The Morgan fingerprint density at radius 2 is 2.11 bits per heavy atom. The highest BCUT2D eigenvalue weighted by atomic mass is 79.9. The molecule has 18 heavy (non-hydrogen) atoms. The molecule has 3 nitrogen and oxygen atoms in total. The van der Waals surface area contributed by atoms with Crippen molar-refractivity contribution in [2.24, 2.45) is 0 Å². The van der Waals surface area contributed by atoms with Crippen LogP contribution in [0.4, 0.5) is 5.69 Å². The van der Waals surface area contributed by atoms with Crippen molar-refractivity contribution in [3.63, 3.8) is 0 Å². The molecule has 0 amide bonds. The molecule has 1 aromatic carbocycles. The van der Waals surface area contributed by atoms with Crippen LogP contribution in [0.25, 0.3) is 0 Å². The number of rotatable bonds is 4. The number of aryl methyl sites for hydroxylation is 1. The first-order chi connectivity index (χ1) is 8.69. The number of anilines is 1. The average Bonchev–Trinajstić information content (AvgIpc) is 2.39. The van der Waals surface area contributed by atoms with Gasteiger partial charge in [0.15, 0.2) is 0 Å². The van der Waals surface area contributed by atoms with Gasteiger partial charge in [0.1, 0.15) is 5.75 Å². The van der Waals surface area contributed by atoms with Gasteiger partial charge in [0, 0.05) is 18.0 Å². The van der Waals surface area contributed by atoms with Crippen LogP contribution in [0.1, 0.15) is 11.3 Å². The van der Waals surface area contributed by atoms with Crippen LogP contribution in [0.2, 0.25) is 0 Å². The molecule has 0 unspecified atom stereocenters. The number of hydrogen-bond acceptors (Lipinski definition) is 3. The monoisotopic (exact) mass is 306 g/mol. The summed E-state index contributed by atoms with van der Waals surface area (Å²) < 4.78 is 6.20. The molecule has 0 bridgehead atoms. The van der Waals surface area contributed by atoms with E-state index in [4.69, 9.17) is 4.74 Å². The van der Waals surface area contributed by atoms with E-state index in [-0.39, 0.29) is 0 Å². The van der Waals surface area contributed by atoms with E-state index in [1.54, 1.807) is 7.11 Å². The number of hydrogen-bond donors (Lipinski definition) is 1. The second-order valence-electron chi connectivity index (χ2n) is 4.03. The minimum Gasteiger partial charge on any atom is -0.495 e. The van der Waals surface area contributed by atoms with E-state index in [9.17, 15) is 0 Å². The highest BCUT2D eigenvalue weighted by Gasteiger charge is 2.01. The number of nitrogens with zero attached hydrogens (tertiary/aromatic N) is 1. The van der Waals surface area contributed by atoms with Gasteiger partial charge in [0.2, 0.25) is 0 Å². The number of methoxy groups -OCH3 is 1. The Bertz CT molecular complexity index is 526. The molecule has 0 aliphatic carbocycles. The predicted octanol–water partition coefficient (Wildman–Crippen LogP) is 3.77. The largest absolute Gasteiger partial charge is 0.495 e. The Morgan fingerprint density at radius 3 is 2.78 bits per heavy atom. The molecular formula is C14H15BrN2O. The van der Waals surface area contributed by atoms with Crippen molar-refractivity contribution in [1.82, 2.24) is 4.98 Å². The molecule has 0 aliphatic rings. The maximum atomic E-state index is 5.25. The van der Waals surface area contributed by atoms with Crippen LogP contribution in [0.3, 0.4) is 0 Å². The molecule has 2 rings (SSSR count). The van der Waals surface area contributed by atoms with Crippen molar-refractivity contribution in [3.8, 4) is 5.75 Å². The van der Waals surface area contributed by atoms with Gasteiger partial charge in [-0.1, -0.05) is 6.07 Å². The van der Waals surface area contributed by atoms with Gasteiger partial charge in [-0.3, -0.25) is 4.98 Å². The van der Waals surface area contributed by atoms with E-state index in [1.807, 2.05) is 37.4 Å². The molecule has 0 fully saturated rings. The first-order valence-electron chi connectivity index (χ1n) is 5.68. The lowest BCUT2D eigenvalue weighted by Crippen LogP contribution is -2.01. The highest BCUT2D eigenvalue weighted by Crippen LogP contribution is 2.27. The van der Waals surface area contributed by atoms with Gasteiger partial charge in [-0.2, -0.15) is 0 Å². The summed E-state index contributed by atoms with van der Waals surface area (Å²) in [5.41, 5.74) is 3.20. The molecule has 1 aromatic heterocycles. The number of pyridine rings is 1.